The molecular formula is C12H16N6O3. The highest BCUT2D eigenvalue weighted by molar-refractivity contribution is 5.84. The van der Waals surface area contributed by atoms with Gasteiger partial charge < -0.3 is 10.4 Å². The lowest BCUT2D eigenvalue weighted by atomic mass is 10.1. The minimum absolute atomic E-state index is 0.119. The number of carbonyl (C=O) groups is 2. The normalized spacial score (nSPS) is 10.6. The Hall–Kier alpha value is -2.71. The summed E-state index contributed by atoms with van der Waals surface area (Å²) in [5, 5.41) is 25.5. The summed E-state index contributed by atoms with van der Waals surface area (Å²) in [5.41, 5.74) is 2.46. The summed E-state index contributed by atoms with van der Waals surface area (Å²) >= 11 is 0. The summed E-state index contributed by atoms with van der Waals surface area (Å²) in [6.07, 6.45) is 1.57. The van der Waals surface area contributed by atoms with Gasteiger partial charge in [-0.15, -0.1) is 5.10 Å². The van der Waals surface area contributed by atoms with Crippen LogP contribution in [0, 0.1) is 13.8 Å². The van der Waals surface area contributed by atoms with Crippen molar-refractivity contribution >= 4 is 11.9 Å². The molecule has 21 heavy (non-hydrogen) atoms. The van der Waals surface area contributed by atoms with E-state index in [1.54, 1.807) is 0 Å². The van der Waals surface area contributed by atoms with Crippen LogP contribution in [-0.2, 0) is 17.8 Å². The molecule has 0 atom stereocenters. The van der Waals surface area contributed by atoms with Gasteiger partial charge in [-0.2, -0.15) is 5.10 Å². The zero-order chi connectivity index (χ0) is 15.4. The van der Waals surface area contributed by atoms with E-state index in [4.69, 9.17) is 5.11 Å². The molecule has 112 valence electrons. The molecule has 0 saturated carbocycles. The molecule has 0 fully saturated rings. The van der Waals surface area contributed by atoms with E-state index in [9.17, 15) is 9.59 Å². The Morgan fingerprint density at radius 2 is 2.19 bits per heavy atom. The number of carboxylic acids is 1. The lowest BCUT2D eigenvalue weighted by Gasteiger charge is -2.05. The molecule has 0 aliphatic heterocycles. The molecule has 0 aliphatic carbocycles. The Kier molecular flexibility index (Phi) is 4.31. The van der Waals surface area contributed by atoms with Crippen LogP contribution in [0.1, 0.15) is 27.4 Å². The average molecular weight is 292 g/mol. The number of hydrogen-bond acceptors (Lipinski definition) is 5. The minimum Gasteiger partial charge on any atom is -0.476 e. The molecule has 2 aromatic heterocycles. The number of amides is 1. The second-order valence-electron chi connectivity index (χ2n) is 4.61. The summed E-state index contributed by atoms with van der Waals surface area (Å²) in [4.78, 5) is 22.5. The predicted octanol–water partition coefficient (Wildman–Crippen LogP) is -0.325. The van der Waals surface area contributed by atoms with E-state index >= 15 is 0 Å². The van der Waals surface area contributed by atoms with Gasteiger partial charge >= 0.3 is 5.97 Å². The monoisotopic (exact) mass is 292 g/mol. The largest absolute Gasteiger partial charge is 0.476 e. The van der Waals surface area contributed by atoms with Crippen molar-refractivity contribution in [2.24, 2.45) is 0 Å². The van der Waals surface area contributed by atoms with Crippen molar-refractivity contribution in [3.05, 3.63) is 28.8 Å². The fourth-order valence-corrected chi connectivity index (χ4v) is 1.87. The van der Waals surface area contributed by atoms with Gasteiger partial charge in [0.05, 0.1) is 24.9 Å². The van der Waals surface area contributed by atoms with E-state index in [2.05, 4.69) is 25.8 Å². The summed E-state index contributed by atoms with van der Waals surface area (Å²) in [6.45, 7) is 4.41. The van der Waals surface area contributed by atoms with Crippen molar-refractivity contribution in [3.63, 3.8) is 0 Å². The van der Waals surface area contributed by atoms with Crippen molar-refractivity contribution in [2.45, 2.75) is 26.8 Å². The molecule has 0 radical (unpaired) electrons. The van der Waals surface area contributed by atoms with Crippen LogP contribution in [0.2, 0.25) is 0 Å². The number of H-pyrrole nitrogens is 1. The first kappa shape index (κ1) is 14.7. The van der Waals surface area contributed by atoms with Crippen molar-refractivity contribution in [3.8, 4) is 0 Å². The van der Waals surface area contributed by atoms with E-state index in [1.165, 1.54) is 10.9 Å². The van der Waals surface area contributed by atoms with Crippen LogP contribution in [0.4, 0.5) is 0 Å². The maximum absolute atomic E-state index is 11.8. The molecular weight excluding hydrogens is 276 g/mol. The molecule has 0 saturated heterocycles. The summed E-state index contributed by atoms with van der Waals surface area (Å²) in [6, 6.07) is 0. The molecule has 9 nitrogen and oxygen atoms in total. The summed E-state index contributed by atoms with van der Waals surface area (Å²) in [5.74, 6) is -1.25. The summed E-state index contributed by atoms with van der Waals surface area (Å²) in [7, 11) is 0. The first-order valence-corrected chi connectivity index (χ1v) is 6.38. The molecule has 2 aromatic rings. The fraction of sp³-hybridized carbons (Fsp3) is 0.417. The number of rotatable bonds is 6. The van der Waals surface area contributed by atoms with Crippen LogP contribution in [0.15, 0.2) is 6.20 Å². The topological polar surface area (TPSA) is 126 Å². The molecule has 3 N–H and O–H groups in total. The average Bonchev–Trinajstić information content (AvgIpc) is 3.01. The lowest BCUT2D eigenvalue weighted by molar-refractivity contribution is -0.120. The van der Waals surface area contributed by atoms with E-state index in [1.807, 2.05) is 13.8 Å². The van der Waals surface area contributed by atoms with Gasteiger partial charge in [-0.1, -0.05) is 5.21 Å². The highest BCUT2D eigenvalue weighted by atomic mass is 16.4. The highest BCUT2D eigenvalue weighted by Crippen LogP contribution is 2.09. The van der Waals surface area contributed by atoms with Crippen LogP contribution in [-0.4, -0.2) is 48.7 Å². The van der Waals surface area contributed by atoms with Crippen LogP contribution < -0.4 is 5.32 Å². The van der Waals surface area contributed by atoms with Gasteiger partial charge in [0.1, 0.15) is 0 Å². The fourth-order valence-electron chi connectivity index (χ4n) is 1.87. The van der Waals surface area contributed by atoms with E-state index in [0.717, 1.165) is 17.0 Å². The molecule has 9 heteroatoms. The van der Waals surface area contributed by atoms with Gasteiger partial charge in [0, 0.05) is 17.8 Å². The Labute approximate surface area is 120 Å². The van der Waals surface area contributed by atoms with Crippen LogP contribution in [0.25, 0.3) is 0 Å². The zero-order valence-electron chi connectivity index (χ0n) is 11.8. The van der Waals surface area contributed by atoms with Crippen molar-refractivity contribution in [1.82, 2.24) is 30.5 Å². The minimum atomic E-state index is -1.13. The van der Waals surface area contributed by atoms with Gasteiger partial charge in [0.25, 0.3) is 0 Å². The Morgan fingerprint density at radius 3 is 2.76 bits per heavy atom. The van der Waals surface area contributed by atoms with Crippen molar-refractivity contribution in [2.75, 3.05) is 6.54 Å². The van der Waals surface area contributed by atoms with Gasteiger partial charge in [-0.25, -0.2) is 9.48 Å². The zero-order valence-corrected chi connectivity index (χ0v) is 11.8. The second kappa shape index (κ2) is 6.16. The molecule has 2 heterocycles. The number of hydrogen-bond donors (Lipinski definition) is 3. The van der Waals surface area contributed by atoms with E-state index < -0.39 is 5.97 Å². The maximum Gasteiger partial charge on any atom is 0.358 e. The number of aromatic nitrogens is 5. The van der Waals surface area contributed by atoms with Crippen LogP contribution >= 0.6 is 0 Å². The second-order valence-corrected chi connectivity index (χ2v) is 4.61. The van der Waals surface area contributed by atoms with E-state index in [0.29, 0.717) is 13.1 Å². The highest BCUT2D eigenvalue weighted by Gasteiger charge is 2.11. The maximum atomic E-state index is 11.8. The first-order valence-electron chi connectivity index (χ1n) is 6.38. The molecule has 2 rings (SSSR count). The Morgan fingerprint density at radius 1 is 1.43 bits per heavy atom. The smallest absolute Gasteiger partial charge is 0.358 e. The standard InChI is InChI=1S/C12H16N6O3/c1-7-9(8(2)15-14-7)5-11(19)13-3-4-18-6-10(12(20)21)16-17-18/h6H,3-5H2,1-2H3,(H,13,19)(H,14,15)(H,20,21). The molecule has 0 bridgehead atoms. The van der Waals surface area contributed by atoms with Crippen LogP contribution in [0.5, 0.6) is 0 Å². The summed E-state index contributed by atoms with van der Waals surface area (Å²) < 4.78 is 1.37. The van der Waals surface area contributed by atoms with Crippen molar-refractivity contribution < 1.29 is 14.7 Å². The molecule has 0 aliphatic rings. The van der Waals surface area contributed by atoms with E-state index in [-0.39, 0.29) is 18.0 Å². The third-order valence-electron chi connectivity index (χ3n) is 3.04. The SMILES string of the molecule is Cc1n[nH]c(C)c1CC(=O)NCCn1cc(C(=O)O)nn1. The molecule has 1 amide bonds. The number of aromatic carboxylic acids is 1. The molecule has 0 unspecified atom stereocenters. The van der Waals surface area contributed by atoms with Gasteiger partial charge in [0.2, 0.25) is 5.91 Å². The quantitative estimate of drug-likeness (QED) is 0.669. The number of carboxylic acid groups (broad SMARTS) is 1. The van der Waals surface area contributed by atoms with Gasteiger partial charge in [-0.3, -0.25) is 9.89 Å². The number of aryl methyl sites for hydroxylation is 2. The van der Waals surface area contributed by atoms with Gasteiger partial charge in [-0.05, 0) is 13.8 Å². The number of aromatic amines is 1. The Balaban J connectivity index is 1.80. The number of carbonyl (C=O) groups excluding carboxylic acids is 1. The molecule has 0 aromatic carbocycles. The predicted molar refractivity (Wildman–Crippen MR) is 71.8 cm³/mol. The van der Waals surface area contributed by atoms with Crippen molar-refractivity contribution in [1.29, 1.82) is 0 Å². The van der Waals surface area contributed by atoms with Crippen LogP contribution in [0.3, 0.4) is 0 Å². The number of nitrogens with zero attached hydrogens (tertiary/aromatic N) is 4. The first-order chi connectivity index (χ1) is 9.97. The third kappa shape index (κ3) is 3.65. The molecule has 0 spiro atoms. The third-order valence-corrected chi connectivity index (χ3v) is 3.04. The number of nitrogens with one attached hydrogen (secondary N) is 2. The Bertz CT molecular complexity index is 640. The lowest BCUT2D eigenvalue weighted by Crippen LogP contribution is -2.29. The van der Waals surface area contributed by atoms with Gasteiger partial charge in [0.15, 0.2) is 5.69 Å².